The normalized spacial score (nSPS) is 18.7. The third-order valence-electron chi connectivity index (χ3n) is 4.30. The van der Waals surface area contributed by atoms with Crippen LogP contribution in [-0.4, -0.2) is 28.4 Å². The zero-order chi connectivity index (χ0) is 16.2. The van der Waals surface area contributed by atoms with Gasteiger partial charge in [-0.2, -0.15) is 5.10 Å². The van der Waals surface area contributed by atoms with Crippen LogP contribution < -0.4 is 5.32 Å². The quantitative estimate of drug-likeness (QED) is 0.890. The third kappa shape index (κ3) is 3.76. The Morgan fingerprint density at radius 1 is 1.39 bits per heavy atom. The molecule has 0 saturated heterocycles. The molecule has 124 valence electrons. The highest BCUT2D eigenvalue weighted by molar-refractivity contribution is 5.20. The zero-order valence-electron chi connectivity index (χ0n) is 13.6. The molecule has 0 saturated carbocycles. The minimum absolute atomic E-state index is 0.194. The van der Waals surface area contributed by atoms with Crippen molar-refractivity contribution < 1.29 is 9.13 Å². The van der Waals surface area contributed by atoms with E-state index in [1.165, 1.54) is 12.1 Å². The summed E-state index contributed by atoms with van der Waals surface area (Å²) in [4.78, 5) is 4.60. The second-order valence-electron chi connectivity index (χ2n) is 6.10. The second-order valence-corrected chi connectivity index (χ2v) is 6.10. The van der Waals surface area contributed by atoms with Gasteiger partial charge in [0.15, 0.2) is 5.82 Å². The number of hydrogen-bond donors (Lipinski definition) is 1. The first kappa shape index (κ1) is 16.1. The Kier molecular flexibility index (Phi) is 5.03. The van der Waals surface area contributed by atoms with Crippen LogP contribution in [0.2, 0.25) is 0 Å². The molecular weight excluding hydrogens is 295 g/mol. The highest BCUT2D eigenvalue weighted by atomic mass is 19.1. The molecule has 1 aliphatic heterocycles. The van der Waals surface area contributed by atoms with Gasteiger partial charge in [0.05, 0.1) is 6.04 Å². The molecule has 0 fully saturated rings. The van der Waals surface area contributed by atoms with E-state index in [-0.39, 0.29) is 11.9 Å². The topological polar surface area (TPSA) is 52.0 Å². The van der Waals surface area contributed by atoms with Crippen molar-refractivity contribution in [1.29, 1.82) is 0 Å². The van der Waals surface area contributed by atoms with Crippen LogP contribution in [0.3, 0.4) is 0 Å². The van der Waals surface area contributed by atoms with Crippen molar-refractivity contribution in [1.82, 2.24) is 20.1 Å². The fraction of sp³-hybridized carbons (Fsp3) is 0.529. The highest BCUT2D eigenvalue weighted by Crippen LogP contribution is 2.24. The molecule has 1 aromatic heterocycles. The van der Waals surface area contributed by atoms with Crippen LogP contribution in [-0.2, 0) is 17.9 Å². The number of nitrogens with one attached hydrogen (secondary N) is 1. The first-order valence-electron chi connectivity index (χ1n) is 8.08. The lowest BCUT2D eigenvalue weighted by atomic mass is 10.00. The molecule has 0 unspecified atom stereocenters. The Bertz CT molecular complexity index is 641. The summed E-state index contributed by atoms with van der Waals surface area (Å²) in [5.41, 5.74) is 1.14. The lowest BCUT2D eigenvalue weighted by molar-refractivity contribution is 0.177. The van der Waals surface area contributed by atoms with E-state index >= 15 is 0 Å². The van der Waals surface area contributed by atoms with Crippen LogP contribution in [0.4, 0.5) is 4.39 Å². The van der Waals surface area contributed by atoms with Gasteiger partial charge in [-0.25, -0.2) is 14.1 Å². The molecular formula is C17H23FN4O. The highest BCUT2D eigenvalue weighted by Gasteiger charge is 2.24. The van der Waals surface area contributed by atoms with Crippen molar-refractivity contribution in [2.24, 2.45) is 0 Å². The molecule has 0 radical (unpaired) electrons. The Hall–Kier alpha value is -1.79. The Balaban J connectivity index is 1.64. The number of halogens is 1. The lowest BCUT2D eigenvalue weighted by Gasteiger charge is -2.24. The number of aromatic nitrogens is 3. The maximum Gasteiger partial charge on any atom is 0.176 e. The van der Waals surface area contributed by atoms with E-state index in [4.69, 9.17) is 4.74 Å². The van der Waals surface area contributed by atoms with Gasteiger partial charge in [-0.15, -0.1) is 0 Å². The molecule has 5 nitrogen and oxygen atoms in total. The molecule has 1 aliphatic rings. The summed E-state index contributed by atoms with van der Waals surface area (Å²) < 4.78 is 20.1. The Morgan fingerprint density at radius 2 is 2.17 bits per heavy atom. The van der Waals surface area contributed by atoms with E-state index in [0.29, 0.717) is 12.5 Å². The fourth-order valence-electron chi connectivity index (χ4n) is 3.01. The monoisotopic (exact) mass is 318 g/mol. The number of benzene rings is 1. The van der Waals surface area contributed by atoms with E-state index in [1.54, 1.807) is 7.11 Å². The van der Waals surface area contributed by atoms with Gasteiger partial charge < -0.3 is 10.1 Å². The summed E-state index contributed by atoms with van der Waals surface area (Å²) in [6.45, 7) is 4.32. The number of hydrogen-bond acceptors (Lipinski definition) is 4. The number of aryl methyl sites for hydroxylation is 1. The van der Waals surface area contributed by atoms with Gasteiger partial charge in [0.1, 0.15) is 18.2 Å². The van der Waals surface area contributed by atoms with Gasteiger partial charge >= 0.3 is 0 Å². The van der Waals surface area contributed by atoms with E-state index in [9.17, 15) is 4.39 Å². The number of rotatable bonds is 6. The summed E-state index contributed by atoms with van der Waals surface area (Å²) in [7, 11) is 1.65. The largest absolute Gasteiger partial charge is 0.377 e. The van der Waals surface area contributed by atoms with Crippen molar-refractivity contribution in [3.63, 3.8) is 0 Å². The van der Waals surface area contributed by atoms with Crippen molar-refractivity contribution in [2.75, 3.05) is 13.7 Å². The summed E-state index contributed by atoms with van der Waals surface area (Å²) in [6.07, 6.45) is 2.15. The molecule has 2 heterocycles. The zero-order valence-corrected chi connectivity index (χ0v) is 13.6. The maximum absolute atomic E-state index is 13.0. The van der Waals surface area contributed by atoms with Crippen molar-refractivity contribution >= 4 is 0 Å². The maximum atomic E-state index is 13.0. The smallest absolute Gasteiger partial charge is 0.176 e. The molecule has 1 aromatic carbocycles. The van der Waals surface area contributed by atoms with Gasteiger partial charge in [-0.05, 0) is 36.5 Å². The number of nitrogens with zero attached hydrogens (tertiary/aromatic N) is 3. The van der Waals surface area contributed by atoms with Gasteiger partial charge in [0.2, 0.25) is 0 Å². The molecule has 6 heteroatoms. The molecule has 0 bridgehead atoms. The SMILES string of the molecule is COCc1nc2n(n1)CCC[C@@H]2NC[C@H](C)c1ccc(F)cc1. The third-order valence-corrected chi connectivity index (χ3v) is 4.30. The molecule has 0 amide bonds. The van der Waals surface area contributed by atoms with E-state index in [0.717, 1.165) is 43.1 Å². The molecule has 2 aromatic rings. The predicted molar refractivity (Wildman–Crippen MR) is 85.5 cm³/mol. The van der Waals surface area contributed by atoms with Gasteiger partial charge in [0.25, 0.3) is 0 Å². The molecule has 0 aliphatic carbocycles. The van der Waals surface area contributed by atoms with Crippen LogP contribution >= 0.6 is 0 Å². The van der Waals surface area contributed by atoms with Crippen LogP contribution in [0.25, 0.3) is 0 Å². The van der Waals surface area contributed by atoms with Crippen LogP contribution in [0.1, 0.15) is 48.9 Å². The molecule has 2 atom stereocenters. The van der Waals surface area contributed by atoms with Crippen LogP contribution in [0, 0.1) is 5.82 Å². The van der Waals surface area contributed by atoms with Crippen molar-refractivity contribution in [3.05, 3.63) is 47.3 Å². The van der Waals surface area contributed by atoms with Gasteiger partial charge in [0, 0.05) is 20.2 Å². The summed E-state index contributed by atoms with van der Waals surface area (Å²) in [5.74, 6) is 1.85. The Morgan fingerprint density at radius 3 is 2.91 bits per heavy atom. The van der Waals surface area contributed by atoms with Gasteiger partial charge in [-0.3, -0.25) is 0 Å². The number of methoxy groups -OCH3 is 1. The number of fused-ring (bicyclic) bond motifs is 1. The fourth-order valence-corrected chi connectivity index (χ4v) is 3.01. The van der Waals surface area contributed by atoms with Crippen molar-refractivity contribution in [3.8, 4) is 0 Å². The van der Waals surface area contributed by atoms with Crippen LogP contribution in [0.15, 0.2) is 24.3 Å². The van der Waals surface area contributed by atoms with Gasteiger partial charge in [-0.1, -0.05) is 19.1 Å². The summed E-state index contributed by atoms with van der Waals surface area (Å²) >= 11 is 0. The van der Waals surface area contributed by atoms with E-state index in [2.05, 4.69) is 22.3 Å². The molecule has 1 N–H and O–H groups in total. The first-order valence-corrected chi connectivity index (χ1v) is 8.08. The first-order chi connectivity index (χ1) is 11.2. The summed E-state index contributed by atoms with van der Waals surface area (Å²) in [5, 5.41) is 8.07. The minimum Gasteiger partial charge on any atom is -0.377 e. The molecule has 3 rings (SSSR count). The average Bonchev–Trinajstić information content (AvgIpc) is 2.96. The van der Waals surface area contributed by atoms with Crippen LogP contribution in [0.5, 0.6) is 0 Å². The standard InChI is InChI=1S/C17H23FN4O/c1-12(13-5-7-14(18)8-6-13)10-19-15-4-3-9-22-17(15)20-16(21-22)11-23-2/h5-8,12,15,19H,3-4,9-11H2,1-2H3/t12-,15-/m0/s1. The lowest BCUT2D eigenvalue weighted by Crippen LogP contribution is -2.31. The molecule has 0 spiro atoms. The predicted octanol–water partition coefficient (Wildman–Crippen LogP) is 2.79. The Labute approximate surface area is 135 Å². The average molecular weight is 318 g/mol. The van der Waals surface area contributed by atoms with Crippen molar-refractivity contribution in [2.45, 2.75) is 44.9 Å². The van der Waals surface area contributed by atoms with E-state index in [1.807, 2.05) is 16.8 Å². The van der Waals surface area contributed by atoms with E-state index < -0.39 is 0 Å². The second kappa shape index (κ2) is 7.19. The molecule has 23 heavy (non-hydrogen) atoms. The number of ether oxygens (including phenoxy) is 1. The summed E-state index contributed by atoms with van der Waals surface area (Å²) in [6, 6.07) is 6.94. The minimum atomic E-state index is -0.194.